The van der Waals surface area contributed by atoms with Crippen molar-refractivity contribution < 1.29 is 0 Å². The highest BCUT2D eigenvalue weighted by Crippen LogP contribution is 2.21. The Bertz CT molecular complexity index is 289. The highest BCUT2D eigenvalue weighted by Gasteiger charge is 2.03. The molecule has 0 radical (unpaired) electrons. The minimum atomic E-state index is 1.23. The summed E-state index contributed by atoms with van der Waals surface area (Å²) in [6.45, 7) is 6.64. The molecule has 1 rings (SSSR count). The summed E-state index contributed by atoms with van der Waals surface area (Å²) in [6.07, 6.45) is 3.82. The second-order valence-electron chi connectivity index (χ2n) is 3.58. The molecule has 0 aromatic heterocycles. The van der Waals surface area contributed by atoms with Crippen molar-refractivity contribution in [3.05, 3.63) is 32.4 Å². The van der Waals surface area contributed by atoms with Crippen molar-refractivity contribution in [1.82, 2.24) is 0 Å². The van der Waals surface area contributed by atoms with Gasteiger partial charge in [0.25, 0.3) is 0 Å². The SMILES string of the molecule is CCCCc1ccc(C)c(C)c1I. The van der Waals surface area contributed by atoms with Gasteiger partial charge < -0.3 is 0 Å². The molecule has 0 spiro atoms. The molecule has 0 heterocycles. The van der Waals surface area contributed by atoms with Crippen LogP contribution in [0.3, 0.4) is 0 Å². The lowest BCUT2D eigenvalue weighted by molar-refractivity contribution is 0.791. The molecule has 1 aromatic rings. The number of halogens is 1. The molecule has 0 fully saturated rings. The largest absolute Gasteiger partial charge is 0.0654 e. The summed E-state index contributed by atoms with van der Waals surface area (Å²) in [7, 11) is 0. The third-order valence-corrected chi connectivity index (χ3v) is 4.04. The fraction of sp³-hybridized carbons (Fsp3) is 0.500. The second kappa shape index (κ2) is 4.99. The van der Waals surface area contributed by atoms with Crippen LogP contribution in [0.5, 0.6) is 0 Å². The fourth-order valence-corrected chi connectivity index (χ4v) is 2.27. The molecule has 0 saturated carbocycles. The van der Waals surface area contributed by atoms with E-state index in [1.54, 1.807) is 0 Å². The number of aryl methyl sites for hydroxylation is 2. The van der Waals surface area contributed by atoms with Crippen molar-refractivity contribution in [3.63, 3.8) is 0 Å². The molecule has 0 bridgehead atoms. The van der Waals surface area contributed by atoms with Gasteiger partial charge in [0.1, 0.15) is 0 Å². The van der Waals surface area contributed by atoms with Crippen LogP contribution in [-0.4, -0.2) is 0 Å². The van der Waals surface area contributed by atoms with Gasteiger partial charge in [-0.3, -0.25) is 0 Å². The van der Waals surface area contributed by atoms with E-state index in [4.69, 9.17) is 0 Å². The molecule has 1 heteroatoms. The number of benzene rings is 1. The summed E-state index contributed by atoms with van der Waals surface area (Å²) in [5.41, 5.74) is 4.38. The lowest BCUT2D eigenvalue weighted by Gasteiger charge is -2.08. The maximum atomic E-state index is 2.47. The Labute approximate surface area is 94.9 Å². The van der Waals surface area contributed by atoms with Crippen LogP contribution in [0.4, 0.5) is 0 Å². The Morgan fingerprint density at radius 1 is 1.23 bits per heavy atom. The summed E-state index contributed by atoms with van der Waals surface area (Å²) >= 11 is 2.47. The maximum absolute atomic E-state index is 2.47. The highest BCUT2D eigenvalue weighted by atomic mass is 127. The highest BCUT2D eigenvalue weighted by molar-refractivity contribution is 14.1. The molecule has 0 saturated heterocycles. The van der Waals surface area contributed by atoms with Gasteiger partial charge in [-0.1, -0.05) is 25.5 Å². The zero-order valence-electron chi connectivity index (χ0n) is 8.65. The van der Waals surface area contributed by atoms with E-state index in [0.29, 0.717) is 0 Å². The van der Waals surface area contributed by atoms with Crippen molar-refractivity contribution in [1.29, 1.82) is 0 Å². The van der Waals surface area contributed by atoms with E-state index in [2.05, 4.69) is 55.5 Å². The quantitative estimate of drug-likeness (QED) is 0.729. The smallest absolute Gasteiger partial charge is 0.0194 e. The summed E-state index contributed by atoms with van der Waals surface area (Å²) in [5.74, 6) is 0. The number of rotatable bonds is 3. The van der Waals surface area contributed by atoms with Gasteiger partial charge in [-0.2, -0.15) is 0 Å². The molecule has 0 aliphatic carbocycles. The first kappa shape index (κ1) is 11.0. The van der Waals surface area contributed by atoms with Crippen LogP contribution < -0.4 is 0 Å². The van der Waals surface area contributed by atoms with Crippen molar-refractivity contribution in [2.75, 3.05) is 0 Å². The standard InChI is InChI=1S/C12H17I/c1-4-5-6-11-8-7-9(2)10(3)12(11)13/h7-8H,4-6H2,1-3H3. The van der Waals surface area contributed by atoms with Crippen LogP contribution in [0.2, 0.25) is 0 Å². The van der Waals surface area contributed by atoms with Crippen molar-refractivity contribution >= 4 is 22.6 Å². The fourth-order valence-electron chi connectivity index (χ4n) is 1.40. The van der Waals surface area contributed by atoms with Gasteiger partial charge in [0.2, 0.25) is 0 Å². The van der Waals surface area contributed by atoms with Crippen molar-refractivity contribution in [3.8, 4) is 0 Å². The molecule has 0 nitrogen and oxygen atoms in total. The van der Waals surface area contributed by atoms with E-state index in [1.165, 1.54) is 39.5 Å². The Kier molecular flexibility index (Phi) is 4.23. The van der Waals surface area contributed by atoms with E-state index in [0.717, 1.165) is 0 Å². The minimum absolute atomic E-state index is 1.23. The van der Waals surface area contributed by atoms with Gasteiger partial charge in [-0.15, -0.1) is 0 Å². The number of hydrogen-bond donors (Lipinski definition) is 0. The molecule has 1 aromatic carbocycles. The van der Waals surface area contributed by atoms with Crippen LogP contribution in [0.1, 0.15) is 36.5 Å². The zero-order chi connectivity index (χ0) is 9.84. The minimum Gasteiger partial charge on any atom is -0.0654 e. The summed E-state index contributed by atoms with van der Waals surface area (Å²) < 4.78 is 1.46. The average molecular weight is 288 g/mol. The molecule has 0 N–H and O–H groups in total. The van der Waals surface area contributed by atoms with Crippen LogP contribution in [0.15, 0.2) is 12.1 Å². The second-order valence-corrected chi connectivity index (χ2v) is 4.66. The van der Waals surface area contributed by atoms with E-state index >= 15 is 0 Å². The number of unbranched alkanes of at least 4 members (excludes halogenated alkanes) is 1. The Morgan fingerprint density at radius 3 is 2.54 bits per heavy atom. The summed E-state index contributed by atoms with van der Waals surface area (Å²) in [5, 5.41) is 0. The first-order chi connectivity index (χ1) is 6.16. The molecular formula is C12H17I. The van der Waals surface area contributed by atoms with E-state index in [-0.39, 0.29) is 0 Å². The van der Waals surface area contributed by atoms with Gasteiger partial charge in [-0.05, 0) is 66.0 Å². The van der Waals surface area contributed by atoms with E-state index < -0.39 is 0 Å². The third kappa shape index (κ3) is 2.70. The molecule has 0 aliphatic heterocycles. The molecule has 13 heavy (non-hydrogen) atoms. The molecule has 0 amide bonds. The average Bonchev–Trinajstić information content (AvgIpc) is 2.13. The predicted molar refractivity (Wildman–Crippen MR) is 67.2 cm³/mol. The van der Waals surface area contributed by atoms with E-state index in [1.807, 2.05) is 0 Å². The van der Waals surface area contributed by atoms with Gasteiger partial charge in [0, 0.05) is 3.57 Å². The Hall–Kier alpha value is -0.0500. The summed E-state index contributed by atoms with van der Waals surface area (Å²) in [6, 6.07) is 4.52. The lowest BCUT2D eigenvalue weighted by Crippen LogP contribution is -1.94. The van der Waals surface area contributed by atoms with Gasteiger partial charge >= 0.3 is 0 Å². The van der Waals surface area contributed by atoms with Crippen LogP contribution in [-0.2, 0) is 6.42 Å². The molecule has 0 atom stereocenters. The van der Waals surface area contributed by atoms with Gasteiger partial charge in [0.15, 0.2) is 0 Å². The normalized spacial score (nSPS) is 10.5. The van der Waals surface area contributed by atoms with Crippen LogP contribution in [0, 0.1) is 17.4 Å². The molecular weight excluding hydrogens is 271 g/mol. The predicted octanol–water partition coefficient (Wildman–Crippen LogP) is 4.25. The van der Waals surface area contributed by atoms with Gasteiger partial charge in [0.05, 0.1) is 0 Å². The van der Waals surface area contributed by atoms with Crippen molar-refractivity contribution in [2.24, 2.45) is 0 Å². The topological polar surface area (TPSA) is 0 Å². The number of hydrogen-bond acceptors (Lipinski definition) is 0. The Morgan fingerprint density at radius 2 is 1.92 bits per heavy atom. The zero-order valence-corrected chi connectivity index (χ0v) is 10.8. The first-order valence-electron chi connectivity index (χ1n) is 4.91. The lowest BCUT2D eigenvalue weighted by atomic mass is 10.0. The maximum Gasteiger partial charge on any atom is 0.0194 e. The molecule has 0 unspecified atom stereocenters. The molecule has 0 aliphatic rings. The Balaban J connectivity index is 2.90. The summed E-state index contributed by atoms with van der Waals surface area (Å²) in [4.78, 5) is 0. The van der Waals surface area contributed by atoms with Gasteiger partial charge in [-0.25, -0.2) is 0 Å². The van der Waals surface area contributed by atoms with Crippen LogP contribution >= 0.6 is 22.6 Å². The monoisotopic (exact) mass is 288 g/mol. The first-order valence-corrected chi connectivity index (χ1v) is 5.99. The third-order valence-electron chi connectivity index (χ3n) is 2.54. The molecule has 72 valence electrons. The van der Waals surface area contributed by atoms with Crippen molar-refractivity contribution in [2.45, 2.75) is 40.0 Å². The van der Waals surface area contributed by atoms with E-state index in [9.17, 15) is 0 Å². The van der Waals surface area contributed by atoms with Crippen LogP contribution in [0.25, 0.3) is 0 Å².